The van der Waals surface area contributed by atoms with Crippen LogP contribution in [-0.2, 0) is 0 Å². The second-order valence-electron chi connectivity index (χ2n) is 3.72. The lowest BCUT2D eigenvalue weighted by atomic mass is 10.2. The Labute approximate surface area is 109 Å². The molecule has 94 valence electrons. The van der Waals surface area contributed by atoms with E-state index in [2.05, 4.69) is 15.3 Å². The molecule has 1 amide bonds. The van der Waals surface area contributed by atoms with Gasteiger partial charge in [-0.05, 0) is 25.3 Å². The quantitative estimate of drug-likeness (QED) is 0.923. The fourth-order valence-electron chi connectivity index (χ4n) is 1.54. The number of thiophene rings is 1. The maximum atomic E-state index is 11.9. The number of nitrogens with zero attached hydrogens (tertiary/aromatic N) is 2. The molecule has 0 atom stereocenters. The van der Waals surface area contributed by atoms with Gasteiger partial charge in [-0.25, -0.2) is 0 Å². The van der Waals surface area contributed by atoms with Crippen LogP contribution in [0, 0.1) is 13.8 Å². The minimum Gasteiger partial charge on any atom is -0.467 e. The molecule has 0 fully saturated rings. The highest BCUT2D eigenvalue weighted by Crippen LogP contribution is 2.20. The molecule has 0 saturated carbocycles. The van der Waals surface area contributed by atoms with Crippen molar-refractivity contribution in [1.82, 2.24) is 9.97 Å². The van der Waals surface area contributed by atoms with E-state index in [-0.39, 0.29) is 5.91 Å². The van der Waals surface area contributed by atoms with Crippen LogP contribution in [-0.4, -0.2) is 23.0 Å². The standard InChI is InChI=1S/C12H13N3O2S/c1-7-10(8(2)14-12(13-7)17-3)15-11(16)9-4-5-18-6-9/h4-6H,1-3H3,(H,15,16). The van der Waals surface area contributed by atoms with Gasteiger partial charge in [-0.1, -0.05) is 0 Å². The maximum Gasteiger partial charge on any atom is 0.316 e. The summed E-state index contributed by atoms with van der Waals surface area (Å²) < 4.78 is 4.97. The third-order valence-corrected chi connectivity index (χ3v) is 3.14. The minimum absolute atomic E-state index is 0.156. The number of carbonyl (C=O) groups excluding carboxylic acids is 1. The Morgan fingerprint density at radius 1 is 1.33 bits per heavy atom. The number of nitrogens with one attached hydrogen (secondary N) is 1. The Kier molecular flexibility index (Phi) is 3.57. The number of aryl methyl sites for hydroxylation is 2. The van der Waals surface area contributed by atoms with Crippen molar-refractivity contribution in [3.8, 4) is 6.01 Å². The molecule has 0 saturated heterocycles. The van der Waals surface area contributed by atoms with Crippen LogP contribution in [0.2, 0.25) is 0 Å². The van der Waals surface area contributed by atoms with Crippen LogP contribution in [0.3, 0.4) is 0 Å². The predicted octanol–water partition coefficient (Wildman–Crippen LogP) is 2.42. The lowest BCUT2D eigenvalue weighted by Crippen LogP contribution is -2.14. The van der Waals surface area contributed by atoms with Gasteiger partial charge in [0.05, 0.1) is 29.7 Å². The maximum absolute atomic E-state index is 11.9. The Balaban J connectivity index is 2.27. The van der Waals surface area contributed by atoms with Crippen LogP contribution in [0.15, 0.2) is 16.8 Å². The van der Waals surface area contributed by atoms with Crippen molar-refractivity contribution in [2.45, 2.75) is 13.8 Å². The van der Waals surface area contributed by atoms with Crippen LogP contribution >= 0.6 is 11.3 Å². The summed E-state index contributed by atoms with van der Waals surface area (Å²) in [5, 5.41) is 6.48. The number of anilines is 1. The van der Waals surface area contributed by atoms with Crippen molar-refractivity contribution in [2.75, 3.05) is 12.4 Å². The van der Waals surface area contributed by atoms with E-state index in [1.54, 1.807) is 25.3 Å². The van der Waals surface area contributed by atoms with Gasteiger partial charge < -0.3 is 10.1 Å². The van der Waals surface area contributed by atoms with Gasteiger partial charge in [0.2, 0.25) is 0 Å². The van der Waals surface area contributed by atoms with Crippen molar-refractivity contribution in [1.29, 1.82) is 0 Å². The van der Waals surface area contributed by atoms with Crippen molar-refractivity contribution >= 4 is 22.9 Å². The van der Waals surface area contributed by atoms with Crippen molar-refractivity contribution < 1.29 is 9.53 Å². The predicted molar refractivity (Wildman–Crippen MR) is 70.3 cm³/mol. The zero-order chi connectivity index (χ0) is 13.1. The number of hydrogen-bond donors (Lipinski definition) is 1. The first-order chi connectivity index (χ1) is 8.61. The van der Waals surface area contributed by atoms with Gasteiger partial charge in [-0.3, -0.25) is 4.79 Å². The molecule has 18 heavy (non-hydrogen) atoms. The zero-order valence-electron chi connectivity index (χ0n) is 10.4. The average molecular weight is 263 g/mol. The minimum atomic E-state index is -0.156. The first-order valence-corrected chi connectivity index (χ1v) is 6.29. The van der Waals surface area contributed by atoms with E-state index in [1.165, 1.54) is 18.4 Å². The fraction of sp³-hybridized carbons (Fsp3) is 0.250. The van der Waals surface area contributed by atoms with Crippen LogP contribution in [0.4, 0.5) is 5.69 Å². The molecular weight excluding hydrogens is 250 g/mol. The molecule has 2 aromatic heterocycles. The highest BCUT2D eigenvalue weighted by molar-refractivity contribution is 7.08. The molecule has 0 aromatic carbocycles. The summed E-state index contributed by atoms with van der Waals surface area (Å²) in [6.45, 7) is 3.61. The monoisotopic (exact) mass is 263 g/mol. The molecule has 2 heterocycles. The fourth-order valence-corrected chi connectivity index (χ4v) is 2.17. The molecule has 6 heteroatoms. The largest absolute Gasteiger partial charge is 0.467 e. The number of carbonyl (C=O) groups is 1. The third-order valence-electron chi connectivity index (χ3n) is 2.45. The normalized spacial score (nSPS) is 10.2. The van der Waals surface area contributed by atoms with Crippen molar-refractivity contribution in [3.05, 3.63) is 33.8 Å². The molecule has 2 rings (SSSR count). The van der Waals surface area contributed by atoms with Crippen LogP contribution in [0.1, 0.15) is 21.7 Å². The molecular formula is C12H13N3O2S. The van der Waals surface area contributed by atoms with Gasteiger partial charge in [-0.2, -0.15) is 21.3 Å². The zero-order valence-corrected chi connectivity index (χ0v) is 11.2. The third kappa shape index (κ3) is 2.48. The Morgan fingerprint density at radius 2 is 2.00 bits per heavy atom. The lowest BCUT2D eigenvalue weighted by molar-refractivity contribution is 0.102. The van der Waals surface area contributed by atoms with E-state index in [1.807, 2.05) is 5.38 Å². The summed E-state index contributed by atoms with van der Waals surface area (Å²) >= 11 is 1.48. The first-order valence-electron chi connectivity index (χ1n) is 5.34. The van der Waals surface area contributed by atoms with Crippen molar-refractivity contribution in [2.24, 2.45) is 0 Å². The average Bonchev–Trinajstić information content (AvgIpc) is 2.87. The summed E-state index contributed by atoms with van der Waals surface area (Å²) in [5.74, 6) is -0.156. The molecule has 0 unspecified atom stereocenters. The van der Waals surface area contributed by atoms with E-state index in [9.17, 15) is 4.79 Å². The second-order valence-corrected chi connectivity index (χ2v) is 4.50. The molecule has 0 spiro atoms. The first kappa shape index (κ1) is 12.5. The summed E-state index contributed by atoms with van der Waals surface area (Å²) in [7, 11) is 1.51. The Morgan fingerprint density at radius 3 is 2.50 bits per heavy atom. The molecule has 0 bridgehead atoms. The van der Waals surface area contributed by atoms with Crippen LogP contribution < -0.4 is 10.1 Å². The van der Waals surface area contributed by atoms with Gasteiger partial charge in [0.1, 0.15) is 0 Å². The molecule has 0 radical (unpaired) electrons. The highest BCUT2D eigenvalue weighted by atomic mass is 32.1. The SMILES string of the molecule is COc1nc(C)c(NC(=O)c2ccsc2)c(C)n1. The summed E-state index contributed by atoms with van der Waals surface area (Å²) in [5.41, 5.74) is 2.63. The van der Waals surface area contributed by atoms with Gasteiger partial charge in [0.25, 0.3) is 5.91 Å². The second kappa shape index (κ2) is 5.14. The summed E-state index contributed by atoms with van der Waals surface area (Å²) in [6, 6.07) is 2.08. The number of aromatic nitrogens is 2. The Hall–Kier alpha value is -1.95. The Bertz CT molecular complexity index is 544. The van der Waals surface area contributed by atoms with E-state index in [4.69, 9.17) is 4.74 Å². The smallest absolute Gasteiger partial charge is 0.316 e. The van der Waals surface area contributed by atoms with Crippen LogP contribution in [0.25, 0.3) is 0 Å². The van der Waals surface area contributed by atoms with Gasteiger partial charge in [-0.15, -0.1) is 0 Å². The van der Waals surface area contributed by atoms with E-state index < -0.39 is 0 Å². The number of amides is 1. The summed E-state index contributed by atoms with van der Waals surface area (Å²) in [6.07, 6.45) is 0. The number of ether oxygens (including phenoxy) is 1. The van der Waals surface area contributed by atoms with E-state index in [0.717, 1.165) is 0 Å². The van der Waals surface area contributed by atoms with E-state index >= 15 is 0 Å². The van der Waals surface area contributed by atoms with E-state index in [0.29, 0.717) is 28.6 Å². The summed E-state index contributed by atoms with van der Waals surface area (Å²) in [4.78, 5) is 20.2. The number of rotatable bonds is 3. The van der Waals surface area contributed by atoms with Gasteiger partial charge in [0.15, 0.2) is 0 Å². The molecule has 1 N–H and O–H groups in total. The molecule has 2 aromatic rings. The highest BCUT2D eigenvalue weighted by Gasteiger charge is 2.13. The number of methoxy groups -OCH3 is 1. The number of hydrogen-bond acceptors (Lipinski definition) is 5. The van der Waals surface area contributed by atoms with Gasteiger partial charge >= 0.3 is 6.01 Å². The molecule has 0 aliphatic rings. The van der Waals surface area contributed by atoms with Crippen molar-refractivity contribution in [3.63, 3.8) is 0 Å². The van der Waals surface area contributed by atoms with Gasteiger partial charge in [0, 0.05) is 5.38 Å². The molecule has 5 nitrogen and oxygen atoms in total. The molecule has 0 aliphatic carbocycles. The molecule has 0 aliphatic heterocycles. The van der Waals surface area contributed by atoms with Crippen LogP contribution in [0.5, 0.6) is 6.01 Å². The lowest BCUT2D eigenvalue weighted by Gasteiger charge is -2.10. The topological polar surface area (TPSA) is 64.1 Å².